The van der Waals surface area contributed by atoms with Gasteiger partial charge in [-0.2, -0.15) is 0 Å². The van der Waals surface area contributed by atoms with Crippen molar-refractivity contribution in [3.63, 3.8) is 0 Å². The molecule has 0 bridgehead atoms. The Kier molecular flexibility index (Phi) is 2.83. The Hall–Kier alpha value is -0.680. The normalized spacial score (nSPS) is 40.6. The summed E-state index contributed by atoms with van der Waals surface area (Å²) in [6.07, 6.45) is 1.22. The van der Waals surface area contributed by atoms with Gasteiger partial charge in [-0.1, -0.05) is 0 Å². The molecule has 0 aromatic rings. The molecular weight excluding hydrogens is 189 g/mol. The van der Waals surface area contributed by atoms with E-state index in [0.717, 1.165) is 7.11 Å². The lowest BCUT2D eigenvalue weighted by molar-refractivity contribution is -0.132. The predicted octanol–water partition coefficient (Wildman–Crippen LogP) is 0.0378. The molecule has 2 N–H and O–H groups in total. The molecule has 0 saturated carbocycles. The Labute approximate surface area is 82.3 Å². The number of β-amino-alcohol motifs (C(OH)–C–C–N with tert-alkyl or cyclic N) is 1. The van der Waals surface area contributed by atoms with Crippen LogP contribution in [0.2, 0.25) is 0 Å². The summed E-state index contributed by atoms with van der Waals surface area (Å²) in [7, 11) is 1.00. The van der Waals surface area contributed by atoms with E-state index in [9.17, 15) is 9.18 Å². The summed E-state index contributed by atoms with van der Waals surface area (Å²) in [6.45, 7) is 1.68. The van der Waals surface area contributed by atoms with Crippen molar-refractivity contribution in [3.05, 3.63) is 0 Å². The first kappa shape index (κ1) is 11.4. The van der Waals surface area contributed by atoms with Gasteiger partial charge in [-0.05, 0) is 13.3 Å². The van der Waals surface area contributed by atoms with Crippen LogP contribution in [0.5, 0.6) is 0 Å². The molecule has 2 saturated heterocycles. The number of hydrogen-bond acceptors (Lipinski definition) is 3. The quantitative estimate of drug-likeness (QED) is 0.587. The number of rotatable bonds is 0. The molecular formula is C9H16FNO3. The monoisotopic (exact) mass is 205 g/mol. The fourth-order valence-corrected chi connectivity index (χ4v) is 2.29. The lowest BCUT2D eigenvalue weighted by Crippen LogP contribution is -2.37. The fourth-order valence-electron chi connectivity index (χ4n) is 2.29. The van der Waals surface area contributed by atoms with Gasteiger partial charge in [-0.3, -0.25) is 4.79 Å². The van der Waals surface area contributed by atoms with Crippen molar-refractivity contribution >= 4 is 5.91 Å². The van der Waals surface area contributed by atoms with Crippen LogP contribution in [0.4, 0.5) is 4.39 Å². The number of alkyl halides is 1. The number of carbonyl (C=O) groups excluding carboxylic acids is 1. The molecule has 14 heavy (non-hydrogen) atoms. The molecule has 0 aliphatic carbocycles. The Balaban J connectivity index is 0.000000461. The molecule has 0 spiro atoms. The van der Waals surface area contributed by atoms with E-state index < -0.39 is 11.4 Å². The molecule has 2 fully saturated rings. The minimum Gasteiger partial charge on any atom is -0.400 e. The van der Waals surface area contributed by atoms with Gasteiger partial charge >= 0.3 is 0 Å². The third-order valence-corrected chi connectivity index (χ3v) is 2.88. The molecule has 82 valence electrons. The van der Waals surface area contributed by atoms with Crippen molar-refractivity contribution < 1.29 is 19.4 Å². The van der Waals surface area contributed by atoms with E-state index in [-0.39, 0.29) is 18.9 Å². The standard InChI is InChI=1S/C8H12FNO2.CH4O/c1-7-3-2-6(11)10(7)5-8(9,12)4-7;1-2/h12H,2-5H2,1H3;2H,1H3. The van der Waals surface area contributed by atoms with E-state index in [1.54, 1.807) is 0 Å². The number of nitrogens with zero attached hydrogens (tertiary/aromatic N) is 1. The second-order valence-corrected chi connectivity index (χ2v) is 4.07. The second kappa shape index (κ2) is 3.47. The molecule has 2 heterocycles. The third kappa shape index (κ3) is 1.74. The van der Waals surface area contributed by atoms with E-state index in [4.69, 9.17) is 10.2 Å². The summed E-state index contributed by atoms with van der Waals surface area (Å²) in [5.41, 5.74) is -0.430. The van der Waals surface area contributed by atoms with E-state index in [2.05, 4.69) is 0 Å². The number of hydrogen-bond donors (Lipinski definition) is 2. The highest BCUT2D eigenvalue weighted by Gasteiger charge is 2.55. The highest BCUT2D eigenvalue weighted by Crippen LogP contribution is 2.43. The summed E-state index contributed by atoms with van der Waals surface area (Å²) in [5, 5.41) is 16.1. The van der Waals surface area contributed by atoms with Crippen LogP contribution >= 0.6 is 0 Å². The van der Waals surface area contributed by atoms with Gasteiger partial charge in [0.25, 0.3) is 0 Å². The summed E-state index contributed by atoms with van der Waals surface area (Å²) in [5.74, 6) is -2.20. The number of aliphatic hydroxyl groups excluding tert-OH is 1. The van der Waals surface area contributed by atoms with E-state index >= 15 is 0 Å². The molecule has 1 amide bonds. The van der Waals surface area contributed by atoms with Gasteiger partial charge in [0.1, 0.15) is 0 Å². The summed E-state index contributed by atoms with van der Waals surface area (Å²) in [4.78, 5) is 12.7. The number of carbonyl (C=O) groups is 1. The largest absolute Gasteiger partial charge is 0.400 e. The van der Waals surface area contributed by atoms with Crippen molar-refractivity contribution in [2.24, 2.45) is 0 Å². The maximum absolute atomic E-state index is 13.1. The summed E-state index contributed by atoms with van der Waals surface area (Å²) < 4.78 is 13.1. The van der Waals surface area contributed by atoms with Gasteiger partial charge in [0.2, 0.25) is 11.8 Å². The SMILES string of the molecule is CC12CCC(=O)N1CC(O)(F)C2.CO. The highest BCUT2D eigenvalue weighted by molar-refractivity contribution is 5.80. The van der Waals surface area contributed by atoms with Crippen LogP contribution < -0.4 is 0 Å². The predicted molar refractivity (Wildman–Crippen MR) is 48.2 cm³/mol. The molecule has 2 atom stereocenters. The molecule has 0 aromatic carbocycles. The summed E-state index contributed by atoms with van der Waals surface area (Å²) in [6, 6.07) is 0. The van der Waals surface area contributed by atoms with Crippen LogP contribution in [0.3, 0.4) is 0 Å². The zero-order chi connectivity index (χ0) is 11.0. The van der Waals surface area contributed by atoms with E-state index in [1.165, 1.54) is 4.90 Å². The molecule has 2 rings (SSSR count). The zero-order valence-corrected chi connectivity index (χ0v) is 8.46. The Bertz CT molecular complexity index is 244. The molecule has 4 nitrogen and oxygen atoms in total. The van der Waals surface area contributed by atoms with Crippen LogP contribution in [-0.4, -0.2) is 46.1 Å². The first-order chi connectivity index (χ1) is 6.43. The molecule has 2 aliphatic rings. The molecule has 2 aliphatic heterocycles. The lowest BCUT2D eigenvalue weighted by atomic mass is 9.95. The third-order valence-electron chi connectivity index (χ3n) is 2.88. The zero-order valence-electron chi connectivity index (χ0n) is 8.46. The minimum absolute atomic E-state index is 0.0360. The second-order valence-electron chi connectivity index (χ2n) is 4.07. The minimum atomic E-state index is -2.16. The van der Waals surface area contributed by atoms with Gasteiger partial charge in [-0.15, -0.1) is 0 Å². The fraction of sp³-hybridized carbons (Fsp3) is 0.889. The smallest absolute Gasteiger partial charge is 0.226 e. The molecule has 0 aromatic heterocycles. The number of aliphatic hydroxyl groups is 2. The number of fused-ring (bicyclic) bond motifs is 1. The van der Waals surface area contributed by atoms with Crippen molar-refractivity contribution in [1.82, 2.24) is 4.90 Å². The highest BCUT2D eigenvalue weighted by atomic mass is 19.2. The van der Waals surface area contributed by atoms with Gasteiger partial charge in [0.05, 0.1) is 6.54 Å². The van der Waals surface area contributed by atoms with E-state index in [1.807, 2.05) is 6.92 Å². The van der Waals surface area contributed by atoms with E-state index in [0.29, 0.717) is 12.8 Å². The van der Waals surface area contributed by atoms with Crippen molar-refractivity contribution in [3.8, 4) is 0 Å². The summed E-state index contributed by atoms with van der Waals surface area (Å²) >= 11 is 0. The van der Waals surface area contributed by atoms with Crippen LogP contribution in [0.25, 0.3) is 0 Å². The average Bonchev–Trinajstić information content (AvgIpc) is 2.49. The van der Waals surface area contributed by atoms with Gasteiger partial charge in [0.15, 0.2) is 0 Å². The van der Waals surface area contributed by atoms with Gasteiger partial charge < -0.3 is 15.1 Å². The van der Waals surface area contributed by atoms with Gasteiger partial charge in [-0.25, -0.2) is 4.39 Å². The molecule has 0 radical (unpaired) electrons. The van der Waals surface area contributed by atoms with Crippen molar-refractivity contribution in [2.45, 2.75) is 37.6 Å². The topological polar surface area (TPSA) is 60.8 Å². The maximum atomic E-state index is 13.1. The van der Waals surface area contributed by atoms with Crippen LogP contribution in [0, 0.1) is 0 Å². The average molecular weight is 205 g/mol. The first-order valence-corrected chi connectivity index (χ1v) is 4.60. The van der Waals surface area contributed by atoms with Crippen LogP contribution in [0.15, 0.2) is 0 Å². The molecule has 2 unspecified atom stereocenters. The Morgan fingerprint density at radius 1 is 1.50 bits per heavy atom. The van der Waals surface area contributed by atoms with Gasteiger partial charge in [0, 0.05) is 25.5 Å². The van der Waals surface area contributed by atoms with Crippen LogP contribution in [-0.2, 0) is 4.79 Å². The van der Waals surface area contributed by atoms with Crippen molar-refractivity contribution in [2.75, 3.05) is 13.7 Å². The number of halogens is 1. The number of amides is 1. The Morgan fingerprint density at radius 3 is 2.57 bits per heavy atom. The first-order valence-electron chi connectivity index (χ1n) is 4.60. The lowest BCUT2D eigenvalue weighted by Gasteiger charge is -2.25. The molecule has 5 heteroatoms. The Morgan fingerprint density at radius 2 is 2.07 bits per heavy atom. The maximum Gasteiger partial charge on any atom is 0.226 e. The van der Waals surface area contributed by atoms with Crippen molar-refractivity contribution in [1.29, 1.82) is 0 Å². The van der Waals surface area contributed by atoms with Crippen LogP contribution in [0.1, 0.15) is 26.2 Å².